The third-order valence-electron chi connectivity index (χ3n) is 2.70. The smallest absolute Gasteiger partial charge is 0.174 e. The molecule has 2 rings (SSSR count). The second kappa shape index (κ2) is 5.00. The summed E-state index contributed by atoms with van der Waals surface area (Å²) in [7, 11) is 1.76. The number of aromatic nitrogens is 2. The van der Waals surface area contributed by atoms with Crippen LogP contribution in [0.1, 0.15) is 39.8 Å². The van der Waals surface area contributed by atoms with E-state index in [1.54, 1.807) is 24.0 Å². The molecule has 0 bridgehead atoms. The Hall–Kier alpha value is -2.17. The number of ketones is 2. The summed E-state index contributed by atoms with van der Waals surface area (Å²) in [6, 6.07) is 1.56. The van der Waals surface area contributed by atoms with E-state index in [1.807, 2.05) is 6.92 Å². The van der Waals surface area contributed by atoms with Crippen LogP contribution in [0.3, 0.4) is 0 Å². The average molecular weight is 246 g/mol. The number of Topliss-reactive ketones (excluding diaryl/α,β-unsaturated/α-hetero) is 2. The molecule has 0 aliphatic rings. The van der Waals surface area contributed by atoms with Crippen molar-refractivity contribution >= 4 is 11.6 Å². The van der Waals surface area contributed by atoms with Gasteiger partial charge in [-0.2, -0.15) is 5.10 Å². The number of hydrogen-bond acceptors (Lipinski definition) is 4. The van der Waals surface area contributed by atoms with Crippen LogP contribution in [0.5, 0.6) is 0 Å². The summed E-state index contributed by atoms with van der Waals surface area (Å²) < 4.78 is 6.41. The molecule has 0 fully saturated rings. The van der Waals surface area contributed by atoms with Crippen LogP contribution in [0.25, 0.3) is 0 Å². The lowest BCUT2D eigenvalue weighted by molar-refractivity contribution is 0.0893. The number of hydrogen-bond donors (Lipinski definition) is 0. The second-order valence-electron chi connectivity index (χ2n) is 4.05. The summed E-state index contributed by atoms with van der Waals surface area (Å²) in [6.07, 6.45) is 4.93. The summed E-state index contributed by atoms with van der Waals surface area (Å²) in [5.74, 6) is -0.439. The van der Waals surface area contributed by atoms with Gasteiger partial charge in [0.15, 0.2) is 11.6 Å². The van der Waals surface area contributed by atoms with Gasteiger partial charge >= 0.3 is 0 Å². The van der Waals surface area contributed by atoms with Crippen molar-refractivity contribution in [1.29, 1.82) is 0 Å². The van der Waals surface area contributed by atoms with Crippen molar-refractivity contribution in [2.24, 2.45) is 7.05 Å². The van der Waals surface area contributed by atoms with Crippen molar-refractivity contribution < 1.29 is 14.0 Å². The third-order valence-corrected chi connectivity index (χ3v) is 2.70. The first-order valence-electron chi connectivity index (χ1n) is 5.73. The fourth-order valence-corrected chi connectivity index (χ4v) is 1.79. The highest BCUT2D eigenvalue weighted by Crippen LogP contribution is 2.13. The molecule has 0 aliphatic heterocycles. The van der Waals surface area contributed by atoms with E-state index in [1.165, 1.54) is 12.5 Å². The van der Waals surface area contributed by atoms with Gasteiger partial charge in [0.05, 0.1) is 29.5 Å². The molecule has 2 aromatic rings. The molecule has 94 valence electrons. The summed E-state index contributed by atoms with van der Waals surface area (Å²) in [5.41, 5.74) is 1.67. The highest BCUT2D eigenvalue weighted by atomic mass is 16.3. The van der Waals surface area contributed by atoms with Gasteiger partial charge < -0.3 is 4.42 Å². The van der Waals surface area contributed by atoms with Crippen LogP contribution in [0.4, 0.5) is 0 Å². The predicted octanol–water partition coefficient (Wildman–Crippen LogP) is 2.03. The number of rotatable bonds is 5. The number of aryl methyl sites for hydroxylation is 2. The summed E-state index contributed by atoms with van der Waals surface area (Å²) in [6.45, 7) is 1.93. The lowest BCUT2D eigenvalue weighted by Gasteiger charge is -1.98. The van der Waals surface area contributed by atoms with Gasteiger partial charge in [-0.3, -0.25) is 14.3 Å². The molecule has 5 heteroatoms. The first kappa shape index (κ1) is 12.3. The lowest BCUT2D eigenvalue weighted by Crippen LogP contribution is -2.09. The van der Waals surface area contributed by atoms with E-state index in [4.69, 9.17) is 4.42 Å². The Kier molecular flexibility index (Phi) is 3.41. The molecule has 2 aromatic heterocycles. The van der Waals surface area contributed by atoms with Gasteiger partial charge in [0.25, 0.3) is 0 Å². The maximum Gasteiger partial charge on any atom is 0.174 e. The molecule has 0 saturated carbocycles. The molecule has 0 aromatic carbocycles. The maximum atomic E-state index is 12.0. The fraction of sp³-hybridized carbons (Fsp3) is 0.308. The fourth-order valence-electron chi connectivity index (χ4n) is 1.79. The Morgan fingerprint density at radius 1 is 1.39 bits per heavy atom. The molecule has 0 saturated heterocycles. The van der Waals surface area contributed by atoms with Crippen molar-refractivity contribution in [1.82, 2.24) is 9.78 Å². The van der Waals surface area contributed by atoms with Crippen LogP contribution in [-0.4, -0.2) is 21.3 Å². The van der Waals surface area contributed by atoms with Crippen LogP contribution < -0.4 is 0 Å². The monoisotopic (exact) mass is 246 g/mol. The quantitative estimate of drug-likeness (QED) is 0.598. The Bertz CT molecular complexity index is 567. The van der Waals surface area contributed by atoms with E-state index in [9.17, 15) is 9.59 Å². The predicted molar refractivity (Wildman–Crippen MR) is 64.6 cm³/mol. The van der Waals surface area contributed by atoms with Gasteiger partial charge in [0, 0.05) is 13.2 Å². The Labute approximate surface area is 104 Å². The van der Waals surface area contributed by atoms with Crippen molar-refractivity contribution in [2.75, 3.05) is 0 Å². The highest BCUT2D eigenvalue weighted by Gasteiger charge is 2.18. The molecule has 0 amide bonds. The van der Waals surface area contributed by atoms with Crippen molar-refractivity contribution in [3.05, 3.63) is 41.6 Å². The van der Waals surface area contributed by atoms with Crippen LogP contribution in [0.2, 0.25) is 0 Å². The lowest BCUT2D eigenvalue weighted by atomic mass is 10.0. The zero-order valence-corrected chi connectivity index (χ0v) is 10.3. The number of furan rings is 1. The van der Waals surface area contributed by atoms with Crippen molar-refractivity contribution in [2.45, 2.75) is 19.8 Å². The van der Waals surface area contributed by atoms with Crippen LogP contribution in [-0.2, 0) is 13.5 Å². The summed E-state index contributed by atoms with van der Waals surface area (Å²) in [4.78, 5) is 23.8. The number of carbonyl (C=O) groups excluding carboxylic acids is 2. The Morgan fingerprint density at radius 2 is 2.17 bits per heavy atom. The first-order chi connectivity index (χ1) is 8.61. The SMILES string of the molecule is CCc1nn(C)cc1C(=O)CC(=O)c1ccoc1. The zero-order chi connectivity index (χ0) is 13.1. The second-order valence-corrected chi connectivity index (χ2v) is 4.05. The van der Waals surface area contributed by atoms with Gasteiger partial charge in [-0.05, 0) is 12.5 Å². The Morgan fingerprint density at radius 3 is 2.78 bits per heavy atom. The molecule has 0 radical (unpaired) electrons. The normalized spacial score (nSPS) is 10.6. The van der Waals surface area contributed by atoms with Gasteiger partial charge in [-0.1, -0.05) is 6.92 Å². The molecule has 0 unspecified atom stereocenters. The van der Waals surface area contributed by atoms with Crippen LogP contribution in [0, 0.1) is 0 Å². The summed E-state index contributed by atoms with van der Waals surface area (Å²) in [5, 5.41) is 4.19. The third kappa shape index (κ3) is 2.40. The minimum Gasteiger partial charge on any atom is -0.472 e. The Balaban J connectivity index is 2.15. The topological polar surface area (TPSA) is 65.1 Å². The van der Waals surface area contributed by atoms with Gasteiger partial charge in [0.2, 0.25) is 0 Å². The molecule has 0 atom stereocenters. The van der Waals surface area contributed by atoms with Gasteiger partial charge in [-0.15, -0.1) is 0 Å². The van der Waals surface area contributed by atoms with Crippen LogP contribution >= 0.6 is 0 Å². The van der Waals surface area contributed by atoms with Crippen LogP contribution in [0.15, 0.2) is 29.2 Å². The molecular formula is C13H14N2O3. The highest BCUT2D eigenvalue weighted by molar-refractivity contribution is 6.13. The molecule has 2 heterocycles. The van der Waals surface area contributed by atoms with Crippen molar-refractivity contribution in [3.8, 4) is 0 Å². The molecule has 0 aliphatic carbocycles. The van der Waals surface area contributed by atoms with E-state index in [2.05, 4.69) is 5.10 Å². The van der Waals surface area contributed by atoms with Gasteiger partial charge in [0.1, 0.15) is 6.26 Å². The largest absolute Gasteiger partial charge is 0.472 e. The standard InChI is InChI=1S/C13H14N2O3/c1-3-11-10(7-15(2)14-11)13(17)6-12(16)9-4-5-18-8-9/h4-5,7-8H,3,6H2,1-2H3. The minimum absolute atomic E-state index is 0.155. The minimum atomic E-state index is -0.236. The van der Waals surface area contributed by atoms with E-state index >= 15 is 0 Å². The van der Waals surface area contributed by atoms with E-state index in [0.29, 0.717) is 17.5 Å². The first-order valence-corrected chi connectivity index (χ1v) is 5.73. The molecule has 5 nitrogen and oxygen atoms in total. The summed E-state index contributed by atoms with van der Waals surface area (Å²) >= 11 is 0. The number of nitrogens with zero attached hydrogens (tertiary/aromatic N) is 2. The maximum absolute atomic E-state index is 12.0. The number of carbonyl (C=O) groups is 2. The van der Waals surface area contributed by atoms with Gasteiger partial charge in [-0.25, -0.2) is 0 Å². The molecule has 18 heavy (non-hydrogen) atoms. The molecule has 0 N–H and O–H groups in total. The van der Waals surface area contributed by atoms with Crippen molar-refractivity contribution in [3.63, 3.8) is 0 Å². The van der Waals surface area contributed by atoms with E-state index in [-0.39, 0.29) is 18.0 Å². The average Bonchev–Trinajstić information content (AvgIpc) is 2.96. The molecular weight excluding hydrogens is 232 g/mol. The molecule has 0 spiro atoms. The zero-order valence-electron chi connectivity index (χ0n) is 10.3. The van der Waals surface area contributed by atoms with E-state index in [0.717, 1.165) is 5.69 Å². The van der Waals surface area contributed by atoms with E-state index < -0.39 is 0 Å².